The SMILES string of the molecule is CCCNC(CCN1CCC(O)CC1)c1cccc(F)c1. The zero-order chi connectivity index (χ0) is 15.1. The number of nitrogens with one attached hydrogen (secondary N) is 1. The van der Waals surface area contributed by atoms with Gasteiger partial charge in [0.1, 0.15) is 5.82 Å². The number of halogens is 1. The molecule has 1 saturated heterocycles. The maximum atomic E-state index is 13.4. The molecule has 1 aromatic rings. The van der Waals surface area contributed by atoms with Gasteiger partial charge in [-0.1, -0.05) is 19.1 Å². The van der Waals surface area contributed by atoms with E-state index >= 15 is 0 Å². The Hall–Kier alpha value is -0.970. The van der Waals surface area contributed by atoms with Crippen LogP contribution in [0.15, 0.2) is 24.3 Å². The monoisotopic (exact) mass is 294 g/mol. The average molecular weight is 294 g/mol. The van der Waals surface area contributed by atoms with Crippen LogP contribution in [0, 0.1) is 5.82 Å². The van der Waals surface area contributed by atoms with Crippen LogP contribution in [0.4, 0.5) is 4.39 Å². The highest BCUT2D eigenvalue weighted by Crippen LogP contribution is 2.20. The van der Waals surface area contributed by atoms with E-state index < -0.39 is 0 Å². The normalized spacial score (nSPS) is 18.8. The molecule has 1 aliphatic heterocycles. The topological polar surface area (TPSA) is 35.5 Å². The molecule has 1 unspecified atom stereocenters. The molecule has 1 atom stereocenters. The lowest BCUT2D eigenvalue weighted by atomic mass is 10.0. The molecule has 21 heavy (non-hydrogen) atoms. The summed E-state index contributed by atoms with van der Waals surface area (Å²) in [7, 11) is 0. The van der Waals surface area contributed by atoms with E-state index in [1.807, 2.05) is 6.07 Å². The van der Waals surface area contributed by atoms with E-state index in [0.717, 1.165) is 57.4 Å². The fraction of sp³-hybridized carbons (Fsp3) is 0.647. The van der Waals surface area contributed by atoms with E-state index in [4.69, 9.17) is 0 Å². The standard InChI is InChI=1S/C17H27FN2O/c1-2-9-19-17(14-4-3-5-15(18)13-14)8-12-20-10-6-16(21)7-11-20/h3-5,13,16-17,19,21H,2,6-12H2,1H3. The molecule has 0 saturated carbocycles. The molecule has 0 radical (unpaired) electrons. The smallest absolute Gasteiger partial charge is 0.123 e. The number of nitrogens with zero attached hydrogens (tertiary/aromatic N) is 1. The van der Waals surface area contributed by atoms with Crippen molar-refractivity contribution in [3.63, 3.8) is 0 Å². The highest BCUT2D eigenvalue weighted by Gasteiger charge is 2.18. The van der Waals surface area contributed by atoms with Gasteiger partial charge in [0.05, 0.1) is 6.10 Å². The number of aliphatic hydroxyl groups excluding tert-OH is 1. The number of rotatable bonds is 7. The first-order valence-electron chi connectivity index (χ1n) is 8.08. The number of piperidine rings is 1. The number of aliphatic hydroxyl groups is 1. The minimum absolute atomic E-state index is 0.126. The summed E-state index contributed by atoms with van der Waals surface area (Å²) in [6.45, 7) is 6.00. The maximum absolute atomic E-state index is 13.4. The third-order valence-corrected chi connectivity index (χ3v) is 4.18. The van der Waals surface area contributed by atoms with E-state index in [-0.39, 0.29) is 18.0 Å². The number of benzene rings is 1. The van der Waals surface area contributed by atoms with Gasteiger partial charge in [-0.25, -0.2) is 4.39 Å². The van der Waals surface area contributed by atoms with E-state index in [1.54, 1.807) is 12.1 Å². The second kappa shape index (κ2) is 8.47. The van der Waals surface area contributed by atoms with Crippen molar-refractivity contribution in [3.05, 3.63) is 35.6 Å². The Morgan fingerprint density at radius 2 is 2.14 bits per heavy atom. The van der Waals surface area contributed by atoms with E-state index in [2.05, 4.69) is 17.1 Å². The van der Waals surface area contributed by atoms with Crippen molar-refractivity contribution in [1.82, 2.24) is 10.2 Å². The minimum Gasteiger partial charge on any atom is -0.393 e. The van der Waals surface area contributed by atoms with E-state index in [1.165, 1.54) is 6.07 Å². The molecule has 3 nitrogen and oxygen atoms in total. The molecule has 0 bridgehead atoms. The fourth-order valence-corrected chi connectivity index (χ4v) is 2.88. The number of hydrogen-bond acceptors (Lipinski definition) is 3. The van der Waals surface area contributed by atoms with Crippen LogP contribution < -0.4 is 5.32 Å². The van der Waals surface area contributed by atoms with Crippen molar-refractivity contribution in [2.24, 2.45) is 0 Å². The first-order valence-corrected chi connectivity index (χ1v) is 8.08. The Morgan fingerprint density at radius 1 is 1.38 bits per heavy atom. The van der Waals surface area contributed by atoms with Gasteiger partial charge in [-0.2, -0.15) is 0 Å². The predicted octanol–water partition coefficient (Wildman–Crippen LogP) is 2.71. The van der Waals surface area contributed by atoms with Gasteiger partial charge < -0.3 is 15.3 Å². The highest BCUT2D eigenvalue weighted by atomic mass is 19.1. The van der Waals surface area contributed by atoms with Gasteiger partial charge in [-0.05, 0) is 56.5 Å². The maximum Gasteiger partial charge on any atom is 0.123 e. The van der Waals surface area contributed by atoms with Gasteiger partial charge >= 0.3 is 0 Å². The van der Waals surface area contributed by atoms with Crippen LogP contribution in [-0.4, -0.2) is 42.3 Å². The molecule has 1 heterocycles. The van der Waals surface area contributed by atoms with E-state index in [9.17, 15) is 9.50 Å². The molecule has 1 aliphatic rings. The largest absolute Gasteiger partial charge is 0.393 e. The van der Waals surface area contributed by atoms with Crippen molar-refractivity contribution < 1.29 is 9.50 Å². The lowest BCUT2D eigenvalue weighted by Gasteiger charge is -2.31. The van der Waals surface area contributed by atoms with Crippen LogP contribution in [0.2, 0.25) is 0 Å². The summed E-state index contributed by atoms with van der Waals surface area (Å²) in [5.41, 5.74) is 1.03. The van der Waals surface area contributed by atoms with Crippen LogP contribution in [-0.2, 0) is 0 Å². The second-order valence-electron chi connectivity index (χ2n) is 5.92. The summed E-state index contributed by atoms with van der Waals surface area (Å²) >= 11 is 0. The fourth-order valence-electron chi connectivity index (χ4n) is 2.88. The average Bonchev–Trinajstić information content (AvgIpc) is 2.49. The molecule has 0 aliphatic carbocycles. The molecule has 0 amide bonds. The molecule has 1 aromatic carbocycles. The lowest BCUT2D eigenvalue weighted by Crippen LogP contribution is -2.37. The third-order valence-electron chi connectivity index (χ3n) is 4.18. The van der Waals surface area contributed by atoms with Gasteiger partial charge in [-0.15, -0.1) is 0 Å². The molecule has 0 aromatic heterocycles. The van der Waals surface area contributed by atoms with Gasteiger partial charge in [0.15, 0.2) is 0 Å². The summed E-state index contributed by atoms with van der Waals surface area (Å²) in [5, 5.41) is 13.1. The molecule has 0 spiro atoms. The molecular weight excluding hydrogens is 267 g/mol. The Kier molecular flexibility index (Phi) is 6.61. The third kappa shape index (κ3) is 5.38. The van der Waals surface area contributed by atoms with Gasteiger partial charge in [0.25, 0.3) is 0 Å². The Morgan fingerprint density at radius 3 is 2.81 bits per heavy atom. The van der Waals surface area contributed by atoms with Crippen LogP contribution in [0.5, 0.6) is 0 Å². The van der Waals surface area contributed by atoms with Crippen LogP contribution in [0.1, 0.15) is 44.2 Å². The summed E-state index contributed by atoms with van der Waals surface area (Å²) in [4.78, 5) is 2.40. The molecular formula is C17H27FN2O. The molecule has 2 N–H and O–H groups in total. The predicted molar refractivity (Wildman–Crippen MR) is 83.7 cm³/mol. The van der Waals surface area contributed by atoms with Gasteiger partial charge in [0.2, 0.25) is 0 Å². The zero-order valence-electron chi connectivity index (χ0n) is 12.9. The van der Waals surface area contributed by atoms with E-state index in [0.29, 0.717) is 0 Å². The second-order valence-corrected chi connectivity index (χ2v) is 5.92. The molecule has 4 heteroatoms. The van der Waals surface area contributed by atoms with Crippen molar-refractivity contribution in [2.75, 3.05) is 26.2 Å². The van der Waals surface area contributed by atoms with Crippen molar-refractivity contribution in [2.45, 2.75) is 44.8 Å². The van der Waals surface area contributed by atoms with Crippen LogP contribution >= 0.6 is 0 Å². The first-order chi connectivity index (χ1) is 10.2. The Labute approximate surface area is 127 Å². The van der Waals surface area contributed by atoms with Crippen LogP contribution in [0.25, 0.3) is 0 Å². The van der Waals surface area contributed by atoms with Gasteiger partial charge in [-0.3, -0.25) is 0 Å². The first kappa shape index (κ1) is 16.4. The Balaban J connectivity index is 1.90. The lowest BCUT2D eigenvalue weighted by molar-refractivity contribution is 0.0806. The summed E-state index contributed by atoms with van der Waals surface area (Å²) in [5.74, 6) is -0.170. The molecule has 2 rings (SSSR count). The van der Waals surface area contributed by atoms with Gasteiger partial charge in [0, 0.05) is 19.1 Å². The van der Waals surface area contributed by atoms with Crippen molar-refractivity contribution >= 4 is 0 Å². The minimum atomic E-state index is -0.170. The summed E-state index contributed by atoms with van der Waals surface area (Å²) in [6.07, 6.45) is 3.65. The zero-order valence-corrected chi connectivity index (χ0v) is 12.9. The van der Waals surface area contributed by atoms with Crippen LogP contribution in [0.3, 0.4) is 0 Å². The molecule has 118 valence electrons. The summed E-state index contributed by atoms with van der Waals surface area (Å²) < 4.78 is 13.4. The number of likely N-dealkylation sites (tertiary alicyclic amines) is 1. The van der Waals surface area contributed by atoms with Crippen molar-refractivity contribution in [3.8, 4) is 0 Å². The van der Waals surface area contributed by atoms with Crippen molar-refractivity contribution in [1.29, 1.82) is 0 Å². The molecule has 1 fully saturated rings. The highest BCUT2D eigenvalue weighted by molar-refractivity contribution is 5.20. The Bertz CT molecular complexity index is 419. The summed E-state index contributed by atoms with van der Waals surface area (Å²) in [6, 6.07) is 7.10. The quantitative estimate of drug-likeness (QED) is 0.811. The number of hydrogen-bond donors (Lipinski definition) is 2.